The number of carbonyl (C=O) groups excluding carboxylic acids is 1. The molecule has 2 aliphatic rings. The molecule has 0 aromatic heterocycles. The van der Waals surface area contributed by atoms with Gasteiger partial charge in [-0.05, 0) is 31.9 Å². The van der Waals surface area contributed by atoms with Crippen LogP contribution in [0.4, 0.5) is 4.39 Å². The first kappa shape index (κ1) is 11.7. The Morgan fingerprint density at radius 1 is 1.33 bits per heavy atom. The van der Waals surface area contributed by atoms with E-state index >= 15 is 0 Å². The van der Waals surface area contributed by atoms with Crippen LogP contribution >= 0.6 is 0 Å². The van der Waals surface area contributed by atoms with Crippen LogP contribution in [0.15, 0.2) is 18.2 Å². The Morgan fingerprint density at radius 2 is 2.00 bits per heavy atom. The summed E-state index contributed by atoms with van der Waals surface area (Å²) in [4.78, 5) is 14.0. The molecule has 2 fully saturated rings. The Bertz CT molecular complexity index is 477. The van der Waals surface area contributed by atoms with E-state index < -0.39 is 5.82 Å². The fourth-order valence-electron chi connectivity index (χ4n) is 2.75. The van der Waals surface area contributed by atoms with Gasteiger partial charge in [-0.25, -0.2) is 4.39 Å². The zero-order valence-corrected chi connectivity index (χ0v) is 10.4. The number of halogens is 1. The van der Waals surface area contributed by atoms with Crippen LogP contribution in [0.1, 0.15) is 28.8 Å². The maximum absolute atomic E-state index is 13.7. The highest BCUT2D eigenvalue weighted by molar-refractivity contribution is 5.94. The average Bonchev–Trinajstić information content (AvgIpc) is 2.70. The number of morpholine rings is 1. The third-order valence-electron chi connectivity index (χ3n) is 3.68. The van der Waals surface area contributed by atoms with Gasteiger partial charge in [-0.3, -0.25) is 4.79 Å². The second-order valence-electron chi connectivity index (χ2n) is 5.15. The number of benzene rings is 1. The van der Waals surface area contributed by atoms with E-state index in [1.54, 1.807) is 17.0 Å². The van der Waals surface area contributed by atoms with Gasteiger partial charge in [0.2, 0.25) is 0 Å². The number of fused-ring (bicyclic) bond motifs is 2. The fraction of sp³-hybridized carbons (Fsp3) is 0.500. The van der Waals surface area contributed by atoms with Crippen molar-refractivity contribution in [2.45, 2.75) is 32.0 Å². The monoisotopic (exact) mass is 249 g/mol. The van der Waals surface area contributed by atoms with Crippen molar-refractivity contribution >= 4 is 5.91 Å². The topological polar surface area (TPSA) is 29.5 Å². The number of nitrogens with zero attached hydrogens (tertiary/aromatic N) is 1. The minimum Gasteiger partial charge on any atom is -0.371 e. The lowest BCUT2D eigenvalue weighted by Gasteiger charge is -2.32. The van der Waals surface area contributed by atoms with Crippen LogP contribution in [0.3, 0.4) is 0 Å². The van der Waals surface area contributed by atoms with Gasteiger partial charge in [0.05, 0.1) is 17.8 Å². The average molecular weight is 249 g/mol. The molecule has 3 rings (SSSR count). The van der Waals surface area contributed by atoms with Gasteiger partial charge in [-0.15, -0.1) is 0 Å². The molecule has 0 aliphatic carbocycles. The van der Waals surface area contributed by atoms with Crippen LogP contribution in [-0.2, 0) is 4.74 Å². The molecule has 96 valence electrons. The highest BCUT2D eigenvalue weighted by atomic mass is 19.1. The fourth-order valence-corrected chi connectivity index (χ4v) is 2.75. The summed E-state index contributed by atoms with van der Waals surface area (Å²) in [7, 11) is 0. The quantitative estimate of drug-likeness (QED) is 0.763. The summed E-state index contributed by atoms with van der Waals surface area (Å²) in [6.07, 6.45) is 2.29. The Morgan fingerprint density at radius 3 is 2.67 bits per heavy atom. The molecule has 3 nitrogen and oxygen atoms in total. The van der Waals surface area contributed by atoms with Crippen molar-refractivity contribution in [3.8, 4) is 0 Å². The summed E-state index contributed by atoms with van der Waals surface area (Å²) in [6.45, 7) is 3.03. The van der Waals surface area contributed by atoms with Crippen molar-refractivity contribution in [1.82, 2.24) is 4.90 Å². The van der Waals surface area contributed by atoms with Crippen molar-refractivity contribution in [3.63, 3.8) is 0 Å². The van der Waals surface area contributed by atoms with E-state index in [2.05, 4.69) is 0 Å². The van der Waals surface area contributed by atoms with Crippen molar-refractivity contribution in [3.05, 3.63) is 35.1 Å². The van der Waals surface area contributed by atoms with Gasteiger partial charge >= 0.3 is 0 Å². The van der Waals surface area contributed by atoms with E-state index in [0.29, 0.717) is 13.1 Å². The van der Waals surface area contributed by atoms with E-state index in [0.717, 1.165) is 18.4 Å². The molecule has 1 aromatic rings. The molecule has 2 aliphatic heterocycles. The maximum atomic E-state index is 13.7. The van der Waals surface area contributed by atoms with E-state index in [9.17, 15) is 9.18 Å². The molecule has 0 radical (unpaired) electrons. The molecule has 2 atom stereocenters. The molecular weight excluding hydrogens is 233 g/mol. The smallest absolute Gasteiger partial charge is 0.257 e. The first-order valence-electron chi connectivity index (χ1n) is 6.34. The van der Waals surface area contributed by atoms with E-state index in [1.807, 2.05) is 6.92 Å². The Kier molecular flexibility index (Phi) is 2.82. The van der Waals surface area contributed by atoms with E-state index in [4.69, 9.17) is 4.74 Å². The molecule has 0 N–H and O–H groups in total. The normalized spacial score (nSPS) is 26.4. The first-order valence-corrected chi connectivity index (χ1v) is 6.34. The molecule has 1 aromatic carbocycles. The van der Waals surface area contributed by atoms with Crippen LogP contribution in [0.2, 0.25) is 0 Å². The van der Waals surface area contributed by atoms with E-state index in [1.165, 1.54) is 6.07 Å². The molecule has 2 unspecified atom stereocenters. The van der Waals surface area contributed by atoms with Crippen molar-refractivity contribution < 1.29 is 13.9 Å². The summed E-state index contributed by atoms with van der Waals surface area (Å²) >= 11 is 0. The Hall–Kier alpha value is -1.42. The van der Waals surface area contributed by atoms with Crippen LogP contribution < -0.4 is 0 Å². The second-order valence-corrected chi connectivity index (χ2v) is 5.15. The summed E-state index contributed by atoms with van der Waals surface area (Å²) < 4.78 is 19.4. The summed E-state index contributed by atoms with van der Waals surface area (Å²) in [5.41, 5.74) is 1.08. The highest BCUT2D eigenvalue weighted by Crippen LogP contribution is 2.27. The number of hydrogen-bond donors (Lipinski definition) is 0. The molecule has 0 spiro atoms. The lowest BCUT2D eigenvalue weighted by atomic mass is 10.1. The predicted molar refractivity (Wildman–Crippen MR) is 64.9 cm³/mol. The Balaban J connectivity index is 1.84. The van der Waals surface area contributed by atoms with Gasteiger partial charge < -0.3 is 9.64 Å². The molecule has 18 heavy (non-hydrogen) atoms. The van der Waals surface area contributed by atoms with Gasteiger partial charge in [0, 0.05) is 13.1 Å². The first-order chi connectivity index (χ1) is 8.63. The standard InChI is InChI=1S/C14H16FNO2/c1-9-2-5-13(15)12(6-9)14(17)16-7-10-3-4-11(8-16)18-10/h2,5-6,10-11H,3-4,7-8H2,1H3. The maximum Gasteiger partial charge on any atom is 0.257 e. The van der Waals surface area contributed by atoms with Gasteiger partial charge in [0.1, 0.15) is 5.82 Å². The van der Waals surface area contributed by atoms with Crippen molar-refractivity contribution in [2.75, 3.05) is 13.1 Å². The molecule has 2 heterocycles. The zero-order valence-electron chi connectivity index (χ0n) is 10.4. The SMILES string of the molecule is Cc1ccc(F)c(C(=O)N2CC3CCC(C2)O3)c1. The molecule has 2 bridgehead atoms. The lowest BCUT2D eigenvalue weighted by Crippen LogP contribution is -2.46. The zero-order chi connectivity index (χ0) is 12.7. The number of rotatable bonds is 1. The number of amides is 1. The largest absolute Gasteiger partial charge is 0.371 e. The van der Waals surface area contributed by atoms with Gasteiger partial charge in [-0.1, -0.05) is 11.6 Å². The Labute approximate surface area is 106 Å². The molecule has 0 saturated carbocycles. The minimum atomic E-state index is -0.440. The molecule has 4 heteroatoms. The number of hydrogen-bond acceptors (Lipinski definition) is 2. The third kappa shape index (κ3) is 2.01. The summed E-state index contributed by atoms with van der Waals surface area (Å²) in [5.74, 6) is -0.652. The highest BCUT2D eigenvalue weighted by Gasteiger charge is 2.36. The third-order valence-corrected chi connectivity index (χ3v) is 3.68. The summed E-state index contributed by atoms with van der Waals surface area (Å²) in [5, 5.41) is 0. The van der Waals surface area contributed by atoms with Crippen LogP contribution in [0.25, 0.3) is 0 Å². The van der Waals surface area contributed by atoms with Gasteiger partial charge in [0.25, 0.3) is 5.91 Å². The predicted octanol–water partition coefficient (Wildman–Crippen LogP) is 2.14. The summed E-state index contributed by atoms with van der Waals surface area (Å²) in [6, 6.07) is 4.65. The van der Waals surface area contributed by atoms with Gasteiger partial charge in [-0.2, -0.15) is 0 Å². The minimum absolute atomic E-state index is 0.139. The number of likely N-dealkylation sites (tertiary alicyclic amines) is 1. The van der Waals surface area contributed by atoms with Crippen LogP contribution in [0, 0.1) is 12.7 Å². The second kappa shape index (κ2) is 4.35. The number of aryl methyl sites for hydroxylation is 1. The number of ether oxygens (including phenoxy) is 1. The van der Waals surface area contributed by atoms with Crippen molar-refractivity contribution in [1.29, 1.82) is 0 Å². The van der Waals surface area contributed by atoms with E-state index in [-0.39, 0.29) is 23.7 Å². The molecule has 1 amide bonds. The number of carbonyl (C=O) groups is 1. The lowest BCUT2D eigenvalue weighted by molar-refractivity contribution is -0.0304. The molecule has 2 saturated heterocycles. The van der Waals surface area contributed by atoms with Crippen LogP contribution in [0.5, 0.6) is 0 Å². The van der Waals surface area contributed by atoms with Crippen LogP contribution in [-0.4, -0.2) is 36.1 Å². The van der Waals surface area contributed by atoms with Crippen molar-refractivity contribution in [2.24, 2.45) is 0 Å². The van der Waals surface area contributed by atoms with Gasteiger partial charge in [0.15, 0.2) is 0 Å². The molecular formula is C14H16FNO2.